The zero-order valence-electron chi connectivity index (χ0n) is 8.38. The molecule has 0 unspecified atom stereocenters. The first-order valence-corrected chi connectivity index (χ1v) is 5.12. The molecule has 0 radical (unpaired) electrons. The molecule has 1 heterocycles. The molecule has 1 aromatic rings. The van der Waals surface area contributed by atoms with Gasteiger partial charge in [-0.2, -0.15) is 5.16 Å². The molecule has 2 rings (SSSR count). The van der Waals surface area contributed by atoms with Crippen LogP contribution in [0.4, 0.5) is 0 Å². The minimum atomic E-state index is -0.102. The fourth-order valence-electron chi connectivity index (χ4n) is 2.14. The zero-order valence-corrected chi connectivity index (χ0v) is 8.38. The Hall–Kier alpha value is -1.03. The van der Waals surface area contributed by atoms with Crippen molar-refractivity contribution in [3.63, 3.8) is 0 Å². The molecule has 1 aliphatic carbocycles. The van der Waals surface area contributed by atoms with Crippen LogP contribution in [-0.2, 0) is 0 Å². The van der Waals surface area contributed by atoms with Gasteiger partial charge in [-0.25, -0.2) is 0 Å². The van der Waals surface area contributed by atoms with E-state index in [4.69, 9.17) is 10.3 Å². The summed E-state index contributed by atoms with van der Waals surface area (Å²) < 4.78 is 5.19. The lowest BCUT2D eigenvalue weighted by Crippen LogP contribution is -2.25. The van der Waals surface area contributed by atoms with Gasteiger partial charge in [0.1, 0.15) is 5.76 Å². The van der Waals surface area contributed by atoms with Gasteiger partial charge in [0.05, 0.1) is 5.56 Å². The van der Waals surface area contributed by atoms with Crippen molar-refractivity contribution in [1.29, 1.82) is 0 Å². The smallest absolute Gasteiger partial charge is 0.283 e. The first kappa shape index (κ1) is 9.52. The van der Waals surface area contributed by atoms with Crippen LogP contribution in [-0.4, -0.2) is 11.2 Å². The predicted octanol–water partition coefficient (Wildman–Crippen LogP) is 1.26. The number of nitrogens with one attached hydrogen (secondary N) is 1. The van der Waals surface area contributed by atoms with Gasteiger partial charge in [-0.1, -0.05) is 0 Å². The van der Waals surface area contributed by atoms with E-state index in [1.165, 1.54) is 0 Å². The van der Waals surface area contributed by atoms with Crippen molar-refractivity contribution in [1.82, 2.24) is 5.16 Å². The van der Waals surface area contributed by atoms with Crippen LogP contribution < -0.4 is 11.3 Å². The van der Waals surface area contributed by atoms with Crippen LogP contribution >= 0.6 is 0 Å². The van der Waals surface area contributed by atoms with Gasteiger partial charge < -0.3 is 10.3 Å². The lowest BCUT2D eigenvalue weighted by molar-refractivity contribution is 0.305. The van der Waals surface area contributed by atoms with E-state index in [1.54, 1.807) is 0 Å². The molecule has 78 valence electrons. The standard InChI is InChI=1S/C10H16N2O2/c1-6-9(14-12-10(6)13)7-2-4-8(11)5-3-7/h7-8H,2-5,11H2,1H3,(H,12,13). The Morgan fingerprint density at radius 3 is 2.50 bits per heavy atom. The van der Waals surface area contributed by atoms with E-state index in [2.05, 4.69) is 5.16 Å². The molecule has 1 fully saturated rings. The summed E-state index contributed by atoms with van der Waals surface area (Å²) in [7, 11) is 0. The maximum atomic E-state index is 11.2. The average molecular weight is 196 g/mol. The van der Waals surface area contributed by atoms with Crippen molar-refractivity contribution in [2.75, 3.05) is 0 Å². The fourth-order valence-corrected chi connectivity index (χ4v) is 2.14. The van der Waals surface area contributed by atoms with E-state index in [0.717, 1.165) is 37.0 Å². The molecule has 0 atom stereocenters. The van der Waals surface area contributed by atoms with Gasteiger partial charge in [0.2, 0.25) is 0 Å². The summed E-state index contributed by atoms with van der Waals surface area (Å²) in [5.74, 6) is 1.22. The average Bonchev–Trinajstić information content (AvgIpc) is 2.50. The quantitative estimate of drug-likeness (QED) is 0.710. The van der Waals surface area contributed by atoms with Gasteiger partial charge in [0.15, 0.2) is 0 Å². The second-order valence-corrected chi connectivity index (χ2v) is 4.13. The Morgan fingerprint density at radius 2 is 2.00 bits per heavy atom. The normalized spacial score (nSPS) is 27.9. The van der Waals surface area contributed by atoms with Crippen LogP contribution in [0, 0.1) is 6.92 Å². The van der Waals surface area contributed by atoms with Crippen molar-refractivity contribution in [3.8, 4) is 0 Å². The third-order valence-corrected chi connectivity index (χ3v) is 3.11. The highest BCUT2D eigenvalue weighted by atomic mass is 16.5. The van der Waals surface area contributed by atoms with Crippen molar-refractivity contribution in [3.05, 3.63) is 21.7 Å². The fraction of sp³-hybridized carbons (Fsp3) is 0.700. The molecular formula is C10H16N2O2. The monoisotopic (exact) mass is 196 g/mol. The van der Waals surface area contributed by atoms with E-state index >= 15 is 0 Å². The number of aromatic amines is 1. The summed E-state index contributed by atoms with van der Waals surface area (Å²) >= 11 is 0. The van der Waals surface area contributed by atoms with Gasteiger partial charge in [0, 0.05) is 12.0 Å². The van der Waals surface area contributed by atoms with Crippen LogP contribution in [0.2, 0.25) is 0 Å². The zero-order chi connectivity index (χ0) is 10.1. The molecule has 0 aliphatic heterocycles. The lowest BCUT2D eigenvalue weighted by atomic mass is 9.84. The van der Waals surface area contributed by atoms with E-state index in [0.29, 0.717) is 12.0 Å². The Labute approximate surface area is 82.4 Å². The summed E-state index contributed by atoms with van der Waals surface area (Å²) in [5, 5.41) is 2.38. The summed E-state index contributed by atoms with van der Waals surface area (Å²) in [6.07, 6.45) is 4.11. The van der Waals surface area contributed by atoms with Crippen LogP contribution in [0.5, 0.6) is 0 Å². The van der Waals surface area contributed by atoms with Gasteiger partial charge >= 0.3 is 0 Å². The van der Waals surface area contributed by atoms with Crippen LogP contribution in [0.25, 0.3) is 0 Å². The second-order valence-electron chi connectivity index (χ2n) is 4.13. The molecular weight excluding hydrogens is 180 g/mol. The van der Waals surface area contributed by atoms with Crippen molar-refractivity contribution in [2.24, 2.45) is 5.73 Å². The molecule has 14 heavy (non-hydrogen) atoms. The molecule has 4 heteroatoms. The summed E-state index contributed by atoms with van der Waals surface area (Å²) in [6, 6.07) is 0.331. The molecule has 1 aromatic heterocycles. The second kappa shape index (κ2) is 3.61. The van der Waals surface area contributed by atoms with Crippen molar-refractivity contribution in [2.45, 2.75) is 44.6 Å². The third-order valence-electron chi connectivity index (χ3n) is 3.11. The molecule has 0 aromatic carbocycles. The number of rotatable bonds is 1. The maximum Gasteiger partial charge on any atom is 0.283 e. The largest absolute Gasteiger partial charge is 0.383 e. The first-order chi connectivity index (χ1) is 6.68. The molecule has 1 saturated carbocycles. The predicted molar refractivity (Wildman–Crippen MR) is 53.3 cm³/mol. The molecule has 1 aliphatic rings. The number of aromatic nitrogens is 1. The van der Waals surface area contributed by atoms with Crippen molar-refractivity contribution < 1.29 is 4.52 Å². The number of H-pyrrole nitrogens is 1. The van der Waals surface area contributed by atoms with Gasteiger partial charge in [-0.3, -0.25) is 4.79 Å². The third kappa shape index (κ3) is 1.62. The summed E-state index contributed by atoms with van der Waals surface area (Å²) in [4.78, 5) is 11.2. The molecule has 4 nitrogen and oxygen atoms in total. The van der Waals surface area contributed by atoms with E-state index in [9.17, 15) is 4.79 Å². The molecule has 0 saturated heterocycles. The van der Waals surface area contributed by atoms with Gasteiger partial charge in [-0.15, -0.1) is 0 Å². The minimum Gasteiger partial charge on any atom is -0.383 e. The highest BCUT2D eigenvalue weighted by Crippen LogP contribution is 2.32. The Morgan fingerprint density at radius 1 is 1.36 bits per heavy atom. The summed E-state index contributed by atoms with van der Waals surface area (Å²) in [5.41, 5.74) is 6.44. The minimum absolute atomic E-state index is 0.102. The van der Waals surface area contributed by atoms with Crippen LogP contribution in [0.15, 0.2) is 9.32 Å². The molecule has 3 N–H and O–H groups in total. The number of hydrogen-bond donors (Lipinski definition) is 2. The first-order valence-electron chi connectivity index (χ1n) is 5.12. The highest BCUT2D eigenvalue weighted by Gasteiger charge is 2.25. The highest BCUT2D eigenvalue weighted by molar-refractivity contribution is 5.16. The van der Waals surface area contributed by atoms with Crippen LogP contribution in [0.3, 0.4) is 0 Å². The van der Waals surface area contributed by atoms with Crippen molar-refractivity contribution >= 4 is 0 Å². The van der Waals surface area contributed by atoms with E-state index < -0.39 is 0 Å². The maximum absolute atomic E-state index is 11.2. The Kier molecular flexibility index (Phi) is 2.46. The number of hydrogen-bond acceptors (Lipinski definition) is 3. The van der Waals surface area contributed by atoms with Gasteiger partial charge in [0.25, 0.3) is 5.56 Å². The molecule has 0 bridgehead atoms. The Balaban J connectivity index is 2.16. The molecule has 0 amide bonds. The van der Waals surface area contributed by atoms with Crippen LogP contribution in [0.1, 0.15) is 42.9 Å². The lowest BCUT2D eigenvalue weighted by Gasteiger charge is -2.24. The van der Waals surface area contributed by atoms with E-state index in [-0.39, 0.29) is 5.56 Å². The van der Waals surface area contributed by atoms with Gasteiger partial charge in [-0.05, 0) is 32.6 Å². The molecule has 0 spiro atoms. The Bertz CT molecular complexity index is 358. The topological polar surface area (TPSA) is 72.0 Å². The SMILES string of the molecule is Cc1c(C2CCC(N)CC2)o[nH]c1=O. The summed E-state index contributed by atoms with van der Waals surface area (Å²) in [6.45, 7) is 1.81. The number of nitrogens with two attached hydrogens (primary N) is 1. The van der Waals surface area contributed by atoms with E-state index in [1.807, 2.05) is 6.92 Å².